The number of aromatic hydroxyl groups is 1. The van der Waals surface area contributed by atoms with Crippen molar-refractivity contribution in [2.45, 2.75) is 6.92 Å². The minimum Gasteiger partial charge on any atom is -0.502 e. The van der Waals surface area contributed by atoms with E-state index in [-0.39, 0.29) is 19.0 Å². The van der Waals surface area contributed by atoms with Crippen LogP contribution >= 0.6 is 0 Å². The van der Waals surface area contributed by atoms with Gasteiger partial charge in [-0.1, -0.05) is 0 Å². The fourth-order valence-corrected chi connectivity index (χ4v) is 2.82. The Morgan fingerprint density at radius 1 is 1.00 bits per heavy atom. The highest BCUT2D eigenvalue weighted by Crippen LogP contribution is 2.40. The van der Waals surface area contributed by atoms with Gasteiger partial charge in [0.2, 0.25) is 5.75 Å². The van der Waals surface area contributed by atoms with Gasteiger partial charge in [-0.25, -0.2) is 4.98 Å². The third-order valence-electron chi connectivity index (χ3n) is 4.12. The number of ether oxygens (including phenoxy) is 3. The van der Waals surface area contributed by atoms with Gasteiger partial charge in [-0.05, 0) is 42.8 Å². The van der Waals surface area contributed by atoms with Crippen molar-refractivity contribution >= 4 is 10.9 Å². The molecule has 3 rings (SSSR count). The maximum absolute atomic E-state index is 10.1. The summed E-state index contributed by atoms with van der Waals surface area (Å²) in [6, 6.07) is 11.1. The van der Waals surface area contributed by atoms with Crippen molar-refractivity contribution in [3.63, 3.8) is 0 Å². The molecule has 0 aliphatic heterocycles. The lowest BCUT2D eigenvalue weighted by molar-refractivity contribution is 0.201. The molecule has 0 radical (unpaired) electrons. The quantitative estimate of drug-likeness (QED) is 0.706. The second-order valence-corrected chi connectivity index (χ2v) is 5.80. The molecule has 2 N–H and O–H groups in total. The number of nitrogens with zero attached hydrogens (tertiary/aromatic N) is 1. The smallest absolute Gasteiger partial charge is 0.200 e. The Bertz CT molecular complexity index is 914. The molecule has 0 unspecified atom stereocenters. The molecule has 1 aromatic heterocycles. The van der Waals surface area contributed by atoms with Gasteiger partial charge in [0.25, 0.3) is 0 Å². The molecule has 1 heterocycles. The Balaban J connectivity index is 2.13. The standard InChI is InChI=1S/C20H21NO5/c1-12-8-16(13-9-18(24-2)20(23)19(10-13)25-3)21-17-11-14(26-7-6-22)4-5-15(12)17/h4-5,8-11,22-23H,6-7H2,1-3H3. The van der Waals surface area contributed by atoms with Crippen molar-refractivity contribution < 1.29 is 24.4 Å². The summed E-state index contributed by atoms with van der Waals surface area (Å²) in [5.41, 5.74) is 3.33. The van der Waals surface area contributed by atoms with Gasteiger partial charge < -0.3 is 24.4 Å². The molecular formula is C20H21NO5. The van der Waals surface area contributed by atoms with Crippen molar-refractivity contribution in [1.82, 2.24) is 4.98 Å². The van der Waals surface area contributed by atoms with E-state index in [0.717, 1.165) is 27.7 Å². The minimum atomic E-state index is -0.0454. The lowest BCUT2D eigenvalue weighted by Gasteiger charge is -2.13. The number of phenols is 1. The zero-order valence-corrected chi connectivity index (χ0v) is 14.9. The number of phenolic OH excluding ortho intramolecular Hbond substituents is 1. The number of methoxy groups -OCH3 is 2. The molecule has 0 aliphatic carbocycles. The maximum atomic E-state index is 10.1. The lowest BCUT2D eigenvalue weighted by atomic mass is 10.0. The lowest BCUT2D eigenvalue weighted by Crippen LogP contribution is -2.01. The minimum absolute atomic E-state index is 0.0440. The van der Waals surface area contributed by atoms with Gasteiger partial charge in [0.1, 0.15) is 12.4 Å². The van der Waals surface area contributed by atoms with Crippen LogP contribution in [0.1, 0.15) is 5.56 Å². The Hall–Kier alpha value is -2.99. The summed E-state index contributed by atoms with van der Waals surface area (Å²) in [4.78, 5) is 4.72. The van der Waals surface area contributed by atoms with E-state index in [4.69, 9.17) is 24.3 Å². The molecule has 26 heavy (non-hydrogen) atoms. The number of rotatable bonds is 6. The summed E-state index contributed by atoms with van der Waals surface area (Å²) in [7, 11) is 2.98. The van der Waals surface area contributed by atoms with Gasteiger partial charge in [0.05, 0.1) is 32.0 Å². The van der Waals surface area contributed by atoms with Crippen LogP contribution in [0, 0.1) is 6.92 Å². The summed E-state index contributed by atoms with van der Waals surface area (Å²) in [6.07, 6.45) is 0. The van der Waals surface area contributed by atoms with Gasteiger partial charge in [-0.2, -0.15) is 0 Å². The largest absolute Gasteiger partial charge is 0.502 e. The third kappa shape index (κ3) is 3.36. The number of pyridine rings is 1. The van der Waals surface area contributed by atoms with Gasteiger partial charge in [0.15, 0.2) is 11.5 Å². The number of fused-ring (bicyclic) bond motifs is 1. The monoisotopic (exact) mass is 355 g/mol. The van der Waals surface area contributed by atoms with E-state index in [9.17, 15) is 5.11 Å². The number of aryl methyl sites for hydroxylation is 1. The average molecular weight is 355 g/mol. The Morgan fingerprint density at radius 3 is 2.31 bits per heavy atom. The SMILES string of the molecule is COc1cc(-c2cc(C)c3ccc(OCCO)cc3n2)cc(OC)c1O. The van der Waals surface area contributed by atoms with E-state index in [1.165, 1.54) is 14.2 Å². The molecule has 0 atom stereocenters. The van der Waals surface area contributed by atoms with Crippen LogP contribution in [-0.4, -0.2) is 42.6 Å². The highest BCUT2D eigenvalue weighted by atomic mass is 16.5. The average Bonchev–Trinajstić information content (AvgIpc) is 2.66. The fraction of sp³-hybridized carbons (Fsp3) is 0.250. The van der Waals surface area contributed by atoms with E-state index < -0.39 is 0 Å². The van der Waals surface area contributed by atoms with Crippen LogP contribution in [0.2, 0.25) is 0 Å². The van der Waals surface area contributed by atoms with Crippen molar-refractivity contribution in [1.29, 1.82) is 0 Å². The van der Waals surface area contributed by atoms with Gasteiger partial charge in [-0.3, -0.25) is 0 Å². The molecule has 136 valence electrons. The molecule has 0 saturated heterocycles. The van der Waals surface area contributed by atoms with E-state index in [0.29, 0.717) is 17.2 Å². The zero-order valence-electron chi connectivity index (χ0n) is 14.9. The summed E-state index contributed by atoms with van der Waals surface area (Å²) >= 11 is 0. The molecular weight excluding hydrogens is 334 g/mol. The Kier molecular flexibility index (Phi) is 5.14. The van der Waals surface area contributed by atoms with E-state index >= 15 is 0 Å². The van der Waals surface area contributed by atoms with Crippen molar-refractivity contribution in [2.24, 2.45) is 0 Å². The van der Waals surface area contributed by atoms with Crippen LogP contribution in [0.3, 0.4) is 0 Å². The van der Waals surface area contributed by atoms with Crippen LogP contribution in [0.15, 0.2) is 36.4 Å². The predicted molar refractivity (Wildman–Crippen MR) is 99.3 cm³/mol. The van der Waals surface area contributed by atoms with Gasteiger partial charge >= 0.3 is 0 Å². The molecule has 0 saturated carbocycles. The molecule has 0 fully saturated rings. The van der Waals surface area contributed by atoms with E-state index in [2.05, 4.69) is 0 Å². The van der Waals surface area contributed by atoms with Crippen LogP contribution in [-0.2, 0) is 0 Å². The third-order valence-corrected chi connectivity index (χ3v) is 4.12. The zero-order chi connectivity index (χ0) is 18.7. The fourth-order valence-electron chi connectivity index (χ4n) is 2.82. The van der Waals surface area contributed by atoms with Crippen LogP contribution in [0.25, 0.3) is 22.2 Å². The van der Waals surface area contributed by atoms with Gasteiger partial charge in [-0.15, -0.1) is 0 Å². The maximum Gasteiger partial charge on any atom is 0.200 e. The first-order chi connectivity index (χ1) is 12.6. The number of aromatic nitrogens is 1. The Labute approximate surface area is 151 Å². The summed E-state index contributed by atoms with van der Waals surface area (Å²) in [5.74, 6) is 1.24. The van der Waals surface area contributed by atoms with Crippen LogP contribution in [0.5, 0.6) is 23.0 Å². The topological polar surface area (TPSA) is 81.0 Å². The number of benzene rings is 2. The van der Waals surface area contributed by atoms with Crippen molar-refractivity contribution in [2.75, 3.05) is 27.4 Å². The van der Waals surface area contributed by atoms with Crippen LogP contribution < -0.4 is 14.2 Å². The first-order valence-corrected chi connectivity index (χ1v) is 8.17. The number of hydrogen-bond donors (Lipinski definition) is 2. The molecule has 6 heteroatoms. The first-order valence-electron chi connectivity index (χ1n) is 8.17. The molecule has 0 spiro atoms. The van der Waals surface area contributed by atoms with E-state index in [1.54, 1.807) is 12.1 Å². The molecule has 0 amide bonds. The van der Waals surface area contributed by atoms with Crippen molar-refractivity contribution in [3.8, 4) is 34.3 Å². The second-order valence-electron chi connectivity index (χ2n) is 5.80. The molecule has 6 nitrogen and oxygen atoms in total. The molecule has 3 aromatic rings. The highest BCUT2D eigenvalue weighted by molar-refractivity contribution is 5.86. The number of aliphatic hydroxyl groups excluding tert-OH is 1. The summed E-state index contributed by atoms with van der Waals surface area (Å²) in [6.45, 7) is 2.20. The van der Waals surface area contributed by atoms with E-state index in [1.807, 2.05) is 31.2 Å². The molecule has 0 aliphatic rings. The first kappa shape index (κ1) is 17.8. The number of hydrogen-bond acceptors (Lipinski definition) is 6. The van der Waals surface area contributed by atoms with Crippen LogP contribution in [0.4, 0.5) is 0 Å². The normalized spacial score (nSPS) is 10.8. The second kappa shape index (κ2) is 7.49. The summed E-state index contributed by atoms with van der Waals surface area (Å²) < 4.78 is 15.9. The van der Waals surface area contributed by atoms with Crippen molar-refractivity contribution in [3.05, 3.63) is 42.0 Å². The summed E-state index contributed by atoms with van der Waals surface area (Å²) in [5, 5.41) is 20.0. The van der Waals surface area contributed by atoms with Gasteiger partial charge in [0, 0.05) is 17.0 Å². The number of aliphatic hydroxyl groups is 1. The molecule has 2 aromatic carbocycles. The highest BCUT2D eigenvalue weighted by Gasteiger charge is 2.14. The molecule has 0 bridgehead atoms. The predicted octanol–water partition coefficient (Wildman–Crippen LogP) is 3.30. The Morgan fingerprint density at radius 2 is 1.69 bits per heavy atom.